The molecule has 7 nitrogen and oxygen atoms in total. The van der Waals surface area contributed by atoms with Gasteiger partial charge in [-0.2, -0.15) is 8.42 Å². The summed E-state index contributed by atoms with van der Waals surface area (Å²) in [6, 6.07) is 0. The molecular formula is C36H68O7S. The molecule has 1 unspecified atom stereocenters. The molecular weight excluding hydrogens is 576 g/mol. The summed E-state index contributed by atoms with van der Waals surface area (Å²) in [4.78, 5) is 23.8. The van der Waals surface area contributed by atoms with Crippen LogP contribution in [0.3, 0.4) is 0 Å². The van der Waals surface area contributed by atoms with Gasteiger partial charge in [0.15, 0.2) is 0 Å². The lowest BCUT2D eigenvalue weighted by Crippen LogP contribution is -2.14. The summed E-state index contributed by atoms with van der Waals surface area (Å²) in [6.07, 6.45) is 33.1. The van der Waals surface area contributed by atoms with E-state index in [9.17, 15) is 18.0 Å². The third-order valence-corrected chi connectivity index (χ3v) is 8.88. The molecule has 0 spiro atoms. The van der Waals surface area contributed by atoms with Crippen molar-refractivity contribution in [2.45, 2.75) is 194 Å². The molecule has 0 aliphatic carbocycles. The van der Waals surface area contributed by atoms with Gasteiger partial charge in [-0.25, -0.2) is 4.79 Å². The van der Waals surface area contributed by atoms with Crippen molar-refractivity contribution in [2.24, 2.45) is 0 Å². The molecule has 0 fully saturated rings. The van der Waals surface area contributed by atoms with Crippen LogP contribution in [0.5, 0.6) is 0 Å². The first-order valence-corrected chi connectivity index (χ1v) is 19.7. The monoisotopic (exact) mass is 644 g/mol. The van der Waals surface area contributed by atoms with E-state index in [4.69, 9.17) is 14.0 Å². The Morgan fingerprint density at radius 2 is 1.07 bits per heavy atom. The third-order valence-electron chi connectivity index (χ3n) is 8.20. The van der Waals surface area contributed by atoms with Crippen LogP contribution in [0, 0.1) is 0 Å². The Bertz CT molecular complexity index is 822. The number of allylic oxidation sites excluding steroid dienone is 1. The van der Waals surface area contributed by atoms with Crippen LogP contribution in [-0.2, 0) is 29.2 Å². The van der Waals surface area contributed by atoms with Crippen LogP contribution in [0.4, 0.5) is 0 Å². The number of esters is 2. The van der Waals surface area contributed by atoms with Gasteiger partial charge in [-0.3, -0.25) is 9.35 Å². The minimum Gasteiger partial charge on any atom is -0.463 e. The predicted octanol–water partition coefficient (Wildman–Crippen LogP) is 10.5. The molecule has 0 aromatic heterocycles. The molecule has 260 valence electrons. The summed E-state index contributed by atoms with van der Waals surface area (Å²) in [6.45, 7) is 5.69. The molecule has 8 heteroatoms. The van der Waals surface area contributed by atoms with E-state index in [1.54, 1.807) is 0 Å². The average Bonchev–Trinajstić information content (AvgIpc) is 2.95. The summed E-state index contributed by atoms with van der Waals surface area (Å²) in [5.41, 5.74) is 0.858. The summed E-state index contributed by atoms with van der Waals surface area (Å²) in [7, 11) is -4.13. The van der Waals surface area contributed by atoms with Gasteiger partial charge in [0.25, 0.3) is 10.1 Å². The molecule has 44 heavy (non-hydrogen) atoms. The molecule has 1 N–H and O–H groups in total. The zero-order chi connectivity index (χ0) is 32.7. The van der Waals surface area contributed by atoms with E-state index in [0.29, 0.717) is 6.42 Å². The molecule has 0 heterocycles. The highest BCUT2D eigenvalue weighted by atomic mass is 32.2. The number of carbonyl (C=O) groups is 2. The lowest BCUT2D eigenvalue weighted by atomic mass is 10.0. The van der Waals surface area contributed by atoms with E-state index in [0.717, 1.165) is 50.5 Å². The fourth-order valence-electron chi connectivity index (χ4n) is 5.44. The lowest BCUT2D eigenvalue weighted by molar-refractivity contribution is -0.148. The van der Waals surface area contributed by atoms with Gasteiger partial charge in [-0.15, -0.1) is 0 Å². The summed E-state index contributed by atoms with van der Waals surface area (Å²) in [5.74, 6) is -1.30. The van der Waals surface area contributed by atoms with Crippen LogP contribution in [-0.4, -0.2) is 43.4 Å². The second-order valence-corrected chi connectivity index (χ2v) is 14.4. The molecule has 0 amide bonds. The van der Waals surface area contributed by atoms with Crippen molar-refractivity contribution in [2.75, 3.05) is 12.4 Å². The molecule has 0 aliphatic rings. The molecule has 0 saturated carbocycles. The van der Waals surface area contributed by atoms with Gasteiger partial charge < -0.3 is 9.47 Å². The zero-order valence-electron chi connectivity index (χ0n) is 28.8. The number of hydrogen-bond acceptors (Lipinski definition) is 6. The van der Waals surface area contributed by atoms with Crippen molar-refractivity contribution >= 4 is 22.1 Å². The average molecular weight is 645 g/mol. The standard InChI is InChI=1S/C36H68O7S/c1-4-5-6-7-8-9-10-11-12-13-14-15-16-17-18-19-20-21-22-26-29-35(37)43-34(3)28-25-23-24-27-33(2)32-36(38)42-30-31-44(39,40)41/h32,34H,4-31H2,1-3H3,(H,39,40,41)/b33-32+. The van der Waals surface area contributed by atoms with Gasteiger partial charge in [0.05, 0.1) is 6.10 Å². The highest BCUT2D eigenvalue weighted by molar-refractivity contribution is 7.85. The highest BCUT2D eigenvalue weighted by Gasteiger charge is 2.10. The fourth-order valence-corrected chi connectivity index (χ4v) is 5.74. The second-order valence-electron chi connectivity index (χ2n) is 12.8. The van der Waals surface area contributed by atoms with E-state index in [1.807, 2.05) is 13.8 Å². The molecule has 0 saturated heterocycles. The topological polar surface area (TPSA) is 107 Å². The largest absolute Gasteiger partial charge is 0.463 e. The Morgan fingerprint density at radius 3 is 1.52 bits per heavy atom. The number of rotatable bonds is 32. The molecule has 0 aromatic rings. The van der Waals surface area contributed by atoms with Crippen molar-refractivity contribution in [3.05, 3.63) is 11.6 Å². The van der Waals surface area contributed by atoms with Gasteiger partial charge in [0.1, 0.15) is 12.4 Å². The summed E-state index contributed by atoms with van der Waals surface area (Å²) in [5, 5.41) is 0. The summed E-state index contributed by atoms with van der Waals surface area (Å²) >= 11 is 0. The van der Waals surface area contributed by atoms with E-state index in [2.05, 4.69) is 6.92 Å². The molecule has 0 rings (SSSR count). The smallest absolute Gasteiger partial charge is 0.330 e. The minimum atomic E-state index is -4.13. The Morgan fingerprint density at radius 1 is 0.659 bits per heavy atom. The van der Waals surface area contributed by atoms with Crippen molar-refractivity contribution in [3.8, 4) is 0 Å². The van der Waals surface area contributed by atoms with E-state index in [1.165, 1.54) is 122 Å². The highest BCUT2D eigenvalue weighted by Crippen LogP contribution is 2.16. The third kappa shape index (κ3) is 33.5. The lowest BCUT2D eigenvalue weighted by Gasteiger charge is -2.13. The first kappa shape index (κ1) is 42.6. The fraction of sp³-hybridized carbons (Fsp3) is 0.889. The molecule has 0 radical (unpaired) electrons. The molecule has 0 bridgehead atoms. The Balaban J connectivity index is 3.48. The van der Waals surface area contributed by atoms with Crippen LogP contribution >= 0.6 is 0 Å². The first-order valence-electron chi connectivity index (χ1n) is 18.1. The van der Waals surface area contributed by atoms with Crippen molar-refractivity contribution < 1.29 is 32.0 Å². The molecule has 0 aromatic carbocycles. The number of ether oxygens (including phenoxy) is 2. The van der Waals surface area contributed by atoms with Crippen molar-refractivity contribution in [1.29, 1.82) is 0 Å². The normalized spacial score (nSPS) is 12.8. The van der Waals surface area contributed by atoms with Crippen molar-refractivity contribution in [1.82, 2.24) is 0 Å². The van der Waals surface area contributed by atoms with Crippen LogP contribution in [0.2, 0.25) is 0 Å². The molecule has 0 aliphatic heterocycles. The van der Waals surface area contributed by atoms with Crippen LogP contribution in [0.1, 0.15) is 188 Å². The van der Waals surface area contributed by atoms with Crippen LogP contribution < -0.4 is 0 Å². The first-order chi connectivity index (χ1) is 21.1. The number of hydrogen-bond donors (Lipinski definition) is 1. The quantitative estimate of drug-likeness (QED) is 0.0336. The van der Waals surface area contributed by atoms with Gasteiger partial charge in [0, 0.05) is 12.5 Å². The van der Waals surface area contributed by atoms with E-state index < -0.39 is 21.8 Å². The van der Waals surface area contributed by atoms with Gasteiger partial charge in [0.2, 0.25) is 0 Å². The van der Waals surface area contributed by atoms with E-state index >= 15 is 0 Å². The van der Waals surface area contributed by atoms with Gasteiger partial charge in [-0.05, 0) is 46.0 Å². The maximum absolute atomic E-state index is 12.1. The summed E-state index contributed by atoms with van der Waals surface area (Å²) < 4.78 is 40.3. The van der Waals surface area contributed by atoms with Crippen LogP contribution in [0.25, 0.3) is 0 Å². The van der Waals surface area contributed by atoms with Crippen LogP contribution in [0.15, 0.2) is 11.6 Å². The number of unbranched alkanes of at least 4 members (excludes halogenated alkanes) is 21. The van der Waals surface area contributed by atoms with E-state index in [-0.39, 0.29) is 18.7 Å². The predicted molar refractivity (Wildman–Crippen MR) is 182 cm³/mol. The second kappa shape index (κ2) is 30.3. The molecule has 1 atom stereocenters. The van der Waals surface area contributed by atoms with Gasteiger partial charge in [-0.1, -0.05) is 141 Å². The SMILES string of the molecule is CCCCCCCCCCCCCCCCCCCCCCC(=O)OC(C)CCCCC/C(C)=C/C(=O)OCCS(=O)(=O)O. The zero-order valence-corrected chi connectivity index (χ0v) is 29.6. The van der Waals surface area contributed by atoms with Gasteiger partial charge >= 0.3 is 11.9 Å². The number of carbonyl (C=O) groups excluding carboxylic acids is 2. The Labute approximate surface area is 271 Å². The van der Waals surface area contributed by atoms with Crippen molar-refractivity contribution in [3.63, 3.8) is 0 Å². The Hall–Kier alpha value is -1.41. The maximum atomic E-state index is 12.1. The maximum Gasteiger partial charge on any atom is 0.330 e. The Kier molecular flexibility index (Phi) is 29.3. The minimum absolute atomic E-state index is 0.0815.